The molecule has 0 bridgehead atoms. The van der Waals surface area contributed by atoms with E-state index in [1.54, 1.807) is 13.1 Å². The van der Waals surface area contributed by atoms with Crippen LogP contribution in [0.3, 0.4) is 0 Å². The average Bonchev–Trinajstić information content (AvgIpc) is 3.13. The number of hydrogen-bond donors (Lipinski definition) is 3. The molecule has 3 N–H and O–H groups in total. The van der Waals surface area contributed by atoms with Gasteiger partial charge in [0.1, 0.15) is 0 Å². The zero-order chi connectivity index (χ0) is 18.5. The molecule has 1 aromatic carbocycles. The number of allylic oxidation sites excluding steroid dienone is 2. The molecule has 1 amide bonds. The highest BCUT2D eigenvalue weighted by Gasteiger charge is 2.15. The molecule has 1 aliphatic rings. The minimum absolute atomic E-state index is 0.0650. The lowest BCUT2D eigenvalue weighted by atomic mass is 10.1. The van der Waals surface area contributed by atoms with Crippen molar-refractivity contribution in [3.8, 4) is 0 Å². The molecule has 0 aliphatic heterocycles. The van der Waals surface area contributed by atoms with Gasteiger partial charge in [0.05, 0.1) is 11.8 Å². The number of amides is 1. The van der Waals surface area contributed by atoms with Gasteiger partial charge in [-0.3, -0.25) is 4.79 Å². The Morgan fingerprint density at radius 1 is 1.35 bits per heavy atom. The summed E-state index contributed by atoms with van der Waals surface area (Å²) in [6, 6.07) is 9.33. The van der Waals surface area contributed by atoms with Crippen LogP contribution in [-0.2, 0) is 4.79 Å². The molecular weight excluding hydrogens is 328 g/mol. The quantitative estimate of drug-likeness (QED) is 0.745. The number of carbonyl (C=O) groups is 1. The van der Waals surface area contributed by atoms with Gasteiger partial charge in [-0.1, -0.05) is 18.2 Å². The zero-order valence-corrected chi connectivity index (χ0v) is 14.9. The predicted octanol–water partition coefficient (Wildman–Crippen LogP) is 3.12. The van der Waals surface area contributed by atoms with E-state index >= 15 is 0 Å². The Bertz CT molecular complexity index is 872. The first-order chi connectivity index (χ1) is 12.6. The largest absolute Gasteiger partial charge is 0.389 e. The van der Waals surface area contributed by atoms with E-state index in [2.05, 4.69) is 20.6 Å². The monoisotopic (exact) mass is 350 g/mol. The average molecular weight is 350 g/mol. The van der Waals surface area contributed by atoms with Crippen LogP contribution in [0.2, 0.25) is 0 Å². The fourth-order valence-electron chi connectivity index (χ4n) is 2.73. The smallest absolute Gasteiger partial charge is 0.250 e. The summed E-state index contributed by atoms with van der Waals surface area (Å²) < 4.78 is 0. The summed E-state index contributed by atoms with van der Waals surface area (Å²) in [6.07, 6.45) is 5.59. The van der Waals surface area contributed by atoms with Gasteiger partial charge in [0, 0.05) is 24.0 Å². The second-order valence-electron chi connectivity index (χ2n) is 6.08. The van der Waals surface area contributed by atoms with Crippen LogP contribution in [0.1, 0.15) is 37.6 Å². The molecule has 0 spiro atoms. The number of carbonyl (C=O) groups excluding carboxylic acids is 1. The fourth-order valence-corrected chi connectivity index (χ4v) is 2.73. The maximum Gasteiger partial charge on any atom is 0.250 e. The molecule has 0 radical (unpaired) electrons. The highest BCUT2D eigenvalue weighted by atomic mass is 16.3. The van der Waals surface area contributed by atoms with Crippen molar-refractivity contribution in [2.75, 3.05) is 11.9 Å². The van der Waals surface area contributed by atoms with E-state index in [-0.39, 0.29) is 5.91 Å². The standard InChI is InChI=1S/C20H22N4O2/c1-3-21-19(26)16-8-7-15(11-16)18-9-10-22-20(24-18)23-17-6-4-5-14(12-17)13(2)25/h4-6,8-13,25H,3,7H2,1-2H3,(H,21,26)(H,22,23,24). The molecule has 1 aromatic heterocycles. The van der Waals surface area contributed by atoms with Gasteiger partial charge in [0.15, 0.2) is 0 Å². The SMILES string of the molecule is CCNC(=O)C1=CCC(c2ccnc(Nc3cccc(C(C)O)c3)n2)=C1. The molecule has 1 aliphatic carbocycles. The molecule has 6 heteroatoms. The van der Waals surface area contributed by atoms with Gasteiger partial charge in [-0.05, 0) is 55.7 Å². The third kappa shape index (κ3) is 4.15. The lowest BCUT2D eigenvalue weighted by Gasteiger charge is -2.10. The predicted molar refractivity (Wildman–Crippen MR) is 102 cm³/mol. The molecule has 0 fully saturated rings. The number of aromatic nitrogens is 2. The summed E-state index contributed by atoms with van der Waals surface area (Å²) in [5.41, 5.74) is 4.06. The first-order valence-corrected chi connectivity index (χ1v) is 8.64. The third-order valence-electron chi connectivity index (χ3n) is 4.08. The first kappa shape index (κ1) is 17.8. The number of nitrogens with one attached hydrogen (secondary N) is 2. The number of anilines is 2. The summed E-state index contributed by atoms with van der Waals surface area (Å²) in [7, 11) is 0. The van der Waals surface area contributed by atoms with Crippen LogP contribution in [0, 0.1) is 0 Å². The second kappa shape index (κ2) is 7.93. The molecule has 2 aromatic rings. The summed E-state index contributed by atoms with van der Waals surface area (Å²) >= 11 is 0. The number of likely N-dealkylation sites (N-methyl/N-ethyl adjacent to an activating group) is 1. The number of benzene rings is 1. The molecule has 134 valence electrons. The van der Waals surface area contributed by atoms with Crippen LogP contribution >= 0.6 is 0 Å². The van der Waals surface area contributed by atoms with Crippen LogP contribution in [0.5, 0.6) is 0 Å². The molecule has 0 saturated heterocycles. The lowest BCUT2D eigenvalue weighted by molar-refractivity contribution is -0.117. The summed E-state index contributed by atoms with van der Waals surface area (Å²) in [6.45, 7) is 4.22. The molecule has 1 atom stereocenters. The fraction of sp³-hybridized carbons (Fsp3) is 0.250. The van der Waals surface area contributed by atoms with Gasteiger partial charge in [0.2, 0.25) is 5.95 Å². The minimum atomic E-state index is -0.536. The van der Waals surface area contributed by atoms with E-state index in [9.17, 15) is 9.90 Å². The maximum atomic E-state index is 11.9. The molecule has 1 unspecified atom stereocenters. The van der Waals surface area contributed by atoms with Crippen molar-refractivity contribution in [1.29, 1.82) is 0 Å². The highest BCUT2D eigenvalue weighted by molar-refractivity contribution is 6.00. The number of aliphatic hydroxyl groups excluding tert-OH is 1. The maximum absolute atomic E-state index is 11.9. The summed E-state index contributed by atoms with van der Waals surface area (Å²) in [5.74, 6) is 0.405. The highest BCUT2D eigenvalue weighted by Crippen LogP contribution is 2.27. The molecule has 6 nitrogen and oxygen atoms in total. The van der Waals surface area contributed by atoms with Crippen LogP contribution in [0.4, 0.5) is 11.6 Å². The van der Waals surface area contributed by atoms with Gasteiger partial charge in [-0.25, -0.2) is 9.97 Å². The Hall–Kier alpha value is -2.99. The molecule has 3 rings (SSSR count). The van der Waals surface area contributed by atoms with E-state index in [0.717, 1.165) is 22.5 Å². The lowest BCUT2D eigenvalue weighted by Crippen LogP contribution is -2.23. The van der Waals surface area contributed by atoms with Crippen LogP contribution in [-0.4, -0.2) is 27.5 Å². The van der Waals surface area contributed by atoms with E-state index < -0.39 is 6.10 Å². The summed E-state index contributed by atoms with van der Waals surface area (Å²) in [5, 5.41) is 15.7. The van der Waals surface area contributed by atoms with Crippen molar-refractivity contribution in [2.45, 2.75) is 26.4 Å². The van der Waals surface area contributed by atoms with Gasteiger partial charge < -0.3 is 15.7 Å². The Labute approximate surface area is 152 Å². The van der Waals surface area contributed by atoms with Crippen molar-refractivity contribution in [2.24, 2.45) is 0 Å². The van der Waals surface area contributed by atoms with Gasteiger partial charge in [-0.15, -0.1) is 0 Å². The van der Waals surface area contributed by atoms with Gasteiger partial charge in [0.25, 0.3) is 5.91 Å². The Balaban J connectivity index is 1.76. The van der Waals surface area contributed by atoms with Crippen molar-refractivity contribution in [3.05, 3.63) is 65.5 Å². The van der Waals surface area contributed by atoms with E-state index in [0.29, 0.717) is 24.5 Å². The Morgan fingerprint density at radius 3 is 2.96 bits per heavy atom. The third-order valence-corrected chi connectivity index (χ3v) is 4.08. The van der Waals surface area contributed by atoms with Crippen molar-refractivity contribution >= 4 is 23.1 Å². The Morgan fingerprint density at radius 2 is 2.19 bits per heavy atom. The first-order valence-electron chi connectivity index (χ1n) is 8.64. The van der Waals surface area contributed by atoms with E-state index in [4.69, 9.17) is 0 Å². The number of nitrogens with zero attached hydrogens (tertiary/aromatic N) is 2. The van der Waals surface area contributed by atoms with Gasteiger partial charge in [-0.2, -0.15) is 0 Å². The van der Waals surface area contributed by atoms with Crippen LogP contribution in [0.25, 0.3) is 5.57 Å². The number of aliphatic hydroxyl groups is 1. The van der Waals surface area contributed by atoms with E-state index in [1.807, 2.05) is 49.4 Å². The molecular formula is C20H22N4O2. The summed E-state index contributed by atoms with van der Waals surface area (Å²) in [4.78, 5) is 20.7. The minimum Gasteiger partial charge on any atom is -0.389 e. The molecule has 0 saturated carbocycles. The topological polar surface area (TPSA) is 87.1 Å². The van der Waals surface area contributed by atoms with Crippen LogP contribution < -0.4 is 10.6 Å². The normalized spacial score (nSPS) is 14.4. The molecule has 26 heavy (non-hydrogen) atoms. The number of rotatable bonds is 6. The van der Waals surface area contributed by atoms with Crippen molar-refractivity contribution in [1.82, 2.24) is 15.3 Å². The zero-order valence-electron chi connectivity index (χ0n) is 14.9. The van der Waals surface area contributed by atoms with E-state index in [1.165, 1.54) is 0 Å². The second-order valence-corrected chi connectivity index (χ2v) is 6.08. The number of hydrogen-bond acceptors (Lipinski definition) is 5. The Kier molecular flexibility index (Phi) is 5.43. The van der Waals surface area contributed by atoms with Crippen molar-refractivity contribution in [3.63, 3.8) is 0 Å². The van der Waals surface area contributed by atoms with Crippen molar-refractivity contribution < 1.29 is 9.90 Å². The van der Waals surface area contributed by atoms with Crippen LogP contribution in [0.15, 0.2) is 54.3 Å². The van der Waals surface area contributed by atoms with Gasteiger partial charge >= 0.3 is 0 Å². The molecule has 1 heterocycles.